The molecule has 0 aliphatic carbocycles. The summed E-state index contributed by atoms with van der Waals surface area (Å²) in [6.45, 7) is 5.06. The Bertz CT molecular complexity index is 566. The van der Waals surface area contributed by atoms with Crippen molar-refractivity contribution < 1.29 is 0 Å². The maximum atomic E-state index is 4.33. The molecule has 0 amide bonds. The van der Waals surface area contributed by atoms with Crippen LogP contribution in [-0.2, 0) is 6.54 Å². The Kier molecular flexibility index (Phi) is 7.07. The minimum atomic E-state index is 0. The molecular weight excluding hydrogens is 340 g/mol. The summed E-state index contributed by atoms with van der Waals surface area (Å²) in [5.41, 5.74) is 1.13. The Balaban J connectivity index is 0.00000176. The van der Waals surface area contributed by atoms with Crippen molar-refractivity contribution >= 4 is 35.5 Å². The van der Waals surface area contributed by atoms with Crippen molar-refractivity contribution in [2.75, 3.05) is 18.8 Å². The van der Waals surface area contributed by atoms with Crippen LogP contribution in [0.25, 0.3) is 0 Å². The lowest BCUT2D eigenvalue weighted by molar-refractivity contribution is 0.454. The summed E-state index contributed by atoms with van der Waals surface area (Å²) < 4.78 is 3.02. The number of thioether (sulfide) groups is 1. The maximum absolute atomic E-state index is 4.33. The fourth-order valence-corrected chi connectivity index (χ4v) is 4.25. The summed E-state index contributed by atoms with van der Waals surface area (Å²) in [5.74, 6) is 1.57. The van der Waals surface area contributed by atoms with E-state index in [4.69, 9.17) is 0 Å². The molecule has 0 aromatic carbocycles. The molecule has 2 aromatic heterocycles. The van der Waals surface area contributed by atoms with E-state index in [0.717, 1.165) is 46.8 Å². The Morgan fingerprint density at radius 3 is 3.05 bits per heavy atom. The van der Waals surface area contributed by atoms with E-state index < -0.39 is 0 Å². The molecule has 0 spiro atoms. The van der Waals surface area contributed by atoms with Gasteiger partial charge in [0, 0.05) is 31.0 Å². The molecule has 1 N–H and O–H groups in total. The van der Waals surface area contributed by atoms with Gasteiger partial charge in [-0.15, -0.1) is 27.7 Å². The van der Waals surface area contributed by atoms with Crippen molar-refractivity contribution in [3.8, 4) is 0 Å². The van der Waals surface area contributed by atoms with Crippen molar-refractivity contribution in [2.24, 2.45) is 0 Å². The zero-order valence-corrected chi connectivity index (χ0v) is 15.0. The van der Waals surface area contributed by atoms with E-state index in [0.29, 0.717) is 5.92 Å². The van der Waals surface area contributed by atoms with Gasteiger partial charge in [0.05, 0.1) is 5.69 Å². The summed E-state index contributed by atoms with van der Waals surface area (Å²) in [6.07, 6.45) is 5.62. The van der Waals surface area contributed by atoms with Gasteiger partial charge in [-0.05, 0) is 32.7 Å². The van der Waals surface area contributed by atoms with Crippen LogP contribution in [0.1, 0.15) is 35.9 Å². The van der Waals surface area contributed by atoms with Gasteiger partial charge in [-0.25, -0.2) is 0 Å². The fourth-order valence-electron chi connectivity index (χ4n) is 2.44. The van der Waals surface area contributed by atoms with E-state index >= 15 is 0 Å². The van der Waals surface area contributed by atoms with E-state index in [2.05, 4.69) is 32.0 Å². The van der Waals surface area contributed by atoms with E-state index in [1.807, 2.05) is 11.6 Å². The van der Waals surface area contributed by atoms with E-state index in [9.17, 15) is 0 Å². The molecular formula is C13H21ClN6S2. The van der Waals surface area contributed by atoms with Crippen LogP contribution < -0.4 is 5.32 Å². The van der Waals surface area contributed by atoms with E-state index in [1.165, 1.54) is 12.8 Å². The van der Waals surface area contributed by atoms with Crippen LogP contribution in [0.2, 0.25) is 0 Å². The topological polar surface area (TPSA) is 68.5 Å². The summed E-state index contributed by atoms with van der Waals surface area (Å²) in [7, 11) is 0. The lowest BCUT2D eigenvalue weighted by atomic mass is 9.97. The van der Waals surface area contributed by atoms with Gasteiger partial charge in [0.2, 0.25) is 0 Å². The molecule has 0 bridgehead atoms. The van der Waals surface area contributed by atoms with Gasteiger partial charge < -0.3 is 5.32 Å². The predicted molar refractivity (Wildman–Crippen MR) is 92.1 cm³/mol. The number of hydrogen-bond donors (Lipinski definition) is 1. The molecule has 3 rings (SSSR count). The van der Waals surface area contributed by atoms with Gasteiger partial charge in [-0.1, -0.05) is 28.3 Å². The second kappa shape index (κ2) is 8.81. The molecule has 0 saturated carbocycles. The molecule has 122 valence electrons. The molecule has 1 unspecified atom stereocenters. The average Bonchev–Trinajstić information content (AvgIpc) is 3.14. The molecule has 1 aliphatic rings. The average molecular weight is 361 g/mol. The first-order valence-corrected chi connectivity index (χ1v) is 9.15. The van der Waals surface area contributed by atoms with Gasteiger partial charge in [-0.2, -0.15) is 0 Å². The van der Waals surface area contributed by atoms with Crippen LogP contribution >= 0.6 is 35.5 Å². The summed E-state index contributed by atoms with van der Waals surface area (Å²) >= 11 is 3.42. The van der Waals surface area contributed by atoms with Crippen LogP contribution in [0.4, 0.5) is 0 Å². The van der Waals surface area contributed by atoms with Crippen LogP contribution in [0, 0.1) is 6.92 Å². The second-order valence-electron chi connectivity index (χ2n) is 5.24. The van der Waals surface area contributed by atoms with Gasteiger partial charge in [0.15, 0.2) is 4.34 Å². The third kappa shape index (κ3) is 4.91. The summed E-state index contributed by atoms with van der Waals surface area (Å²) in [5, 5.41) is 21.2. The normalized spacial score (nSPS) is 18.1. The minimum absolute atomic E-state index is 0. The minimum Gasteiger partial charge on any atom is -0.316 e. The molecule has 1 aliphatic heterocycles. The monoisotopic (exact) mass is 360 g/mol. The van der Waals surface area contributed by atoms with Crippen molar-refractivity contribution in [3.05, 3.63) is 16.9 Å². The van der Waals surface area contributed by atoms with Crippen molar-refractivity contribution in [1.29, 1.82) is 0 Å². The molecule has 1 saturated heterocycles. The van der Waals surface area contributed by atoms with Crippen LogP contribution in [0.5, 0.6) is 0 Å². The smallest absolute Gasteiger partial charge is 0.174 e. The number of aryl methyl sites for hydroxylation is 2. The zero-order chi connectivity index (χ0) is 14.5. The molecule has 6 nitrogen and oxygen atoms in total. The maximum Gasteiger partial charge on any atom is 0.174 e. The first-order valence-electron chi connectivity index (χ1n) is 7.35. The van der Waals surface area contributed by atoms with Crippen LogP contribution in [-0.4, -0.2) is 44.0 Å². The molecule has 3 heterocycles. The van der Waals surface area contributed by atoms with E-state index in [-0.39, 0.29) is 12.4 Å². The highest BCUT2D eigenvalue weighted by Gasteiger charge is 2.18. The Hall–Kier alpha value is -0.700. The number of aromatic nitrogens is 5. The fraction of sp³-hybridized carbons (Fsp3) is 0.692. The third-order valence-corrected chi connectivity index (χ3v) is 5.59. The van der Waals surface area contributed by atoms with Crippen molar-refractivity contribution in [2.45, 2.75) is 43.0 Å². The highest BCUT2D eigenvalue weighted by molar-refractivity contribution is 8.01. The summed E-state index contributed by atoms with van der Waals surface area (Å²) in [4.78, 5) is 0. The predicted octanol–water partition coefficient (Wildman–Crippen LogP) is 2.51. The number of nitrogens with zero attached hydrogens (tertiary/aromatic N) is 5. The lowest BCUT2D eigenvalue weighted by Crippen LogP contribution is -2.28. The number of nitrogens with one attached hydrogen (secondary N) is 1. The highest BCUT2D eigenvalue weighted by atomic mass is 35.5. The number of rotatable bonds is 6. The largest absolute Gasteiger partial charge is 0.316 e. The third-order valence-electron chi connectivity index (χ3n) is 3.54. The van der Waals surface area contributed by atoms with Gasteiger partial charge in [0.1, 0.15) is 5.01 Å². The molecule has 22 heavy (non-hydrogen) atoms. The molecule has 1 atom stereocenters. The van der Waals surface area contributed by atoms with Gasteiger partial charge in [-0.3, -0.25) is 4.68 Å². The quantitative estimate of drug-likeness (QED) is 0.630. The van der Waals surface area contributed by atoms with E-state index in [1.54, 1.807) is 23.1 Å². The highest BCUT2D eigenvalue weighted by Crippen LogP contribution is 2.23. The number of piperidine rings is 1. The standard InChI is InChI=1S/C13H20N6S2.ClH/c1-10-15-17-13(21-10)20-7-3-6-19-9-12(16-18-19)11-4-2-5-14-8-11;/h9,11,14H,2-8H2,1H3;1H. The first-order chi connectivity index (χ1) is 10.3. The molecule has 1 fully saturated rings. The second-order valence-corrected chi connectivity index (χ2v) is 7.76. The number of hydrogen-bond acceptors (Lipinski definition) is 7. The first kappa shape index (κ1) is 17.7. The SMILES string of the molecule is Cc1nnc(SCCCn2cc(C3CCCNC3)nn2)s1.Cl. The Morgan fingerprint density at radius 2 is 2.32 bits per heavy atom. The van der Waals surface area contributed by atoms with Crippen LogP contribution in [0.3, 0.4) is 0 Å². The van der Waals surface area contributed by atoms with Crippen molar-refractivity contribution in [1.82, 2.24) is 30.5 Å². The zero-order valence-electron chi connectivity index (χ0n) is 12.6. The molecule has 9 heteroatoms. The molecule has 2 aromatic rings. The van der Waals surface area contributed by atoms with Gasteiger partial charge >= 0.3 is 0 Å². The van der Waals surface area contributed by atoms with Crippen molar-refractivity contribution in [3.63, 3.8) is 0 Å². The Labute approximate surface area is 144 Å². The number of halogens is 1. The molecule has 0 radical (unpaired) electrons. The van der Waals surface area contributed by atoms with Crippen LogP contribution in [0.15, 0.2) is 10.5 Å². The van der Waals surface area contributed by atoms with Gasteiger partial charge in [0.25, 0.3) is 0 Å². The lowest BCUT2D eigenvalue weighted by Gasteiger charge is -2.20. The summed E-state index contributed by atoms with van der Waals surface area (Å²) in [6, 6.07) is 0. The Morgan fingerprint density at radius 1 is 1.41 bits per heavy atom.